The van der Waals surface area contributed by atoms with Crippen molar-refractivity contribution in [2.24, 2.45) is 0 Å². The molecule has 3 aliphatic rings. The summed E-state index contributed by atoms with van der Waals surface area (Å²) in [6.45, 7) is 21.3. The van der Waals surface area contributed by atoms with Gasteiger partial charge in [-0.3, -0.25) is 29.8 Å². The molecule has 3 heterocycles. The number of allylic oxidation sites excluding steroid dienone is 3. The Morgan fingerprint density at radius 2 is 1.29 bits per heavy atom. The molecule has 0 aliphatic carbocycles. The van der Waals surface area contributed by atoms with E-state index >= 15 is 0 Å². The van der Waals surface area contributed by atoms with Crippen molar-refractivity contribution in [1.29, 1.82) is 0 Å². The summed E-state index contributed by atoms with van der Waals surface area (Å²) in [4.78, 5) is 47.5. The first-order valence-corrected chi connectivity index (χ1v) is 20.5. The molecule has 1 fully saturated rings. The number of hydrogen-bond donors (Lipinski definition) is 1. The minimum absolute atomic E-state index is 0.000286. The van der Waals surface area contributed by atoms with Crippen LogP contribution in [0.2, 0.25) is 0 Å². The van der Waals surface area contributed by atoms with Crippen LogP contribution in [0.3, 0.4) is 0 Å². The van der Waals surface area contributed by atoms with Crippen LogP contribution in [-0.4, -0.2) is 68.8 Å². The molecule has 1 unspecified atom stereocenters. The average molecular weight is 838 g/mol. The Kier molecular flexibility index (Phi) is 12.9. The number of nitrogens with zero attached hydrogens (tertiary/aromatic N) is 4. The largest absolute Gasteiger partial charge is 0.390 e. The summed E-state index contributed by atoms with van der Waals surface area (Å²) in [6, 6.07) is 25.1. The number of fused-ring (bicyclic) bond motifs is 4. The van der Waals surface area contributed by atoms with Crippen molar-refractivity contribution in [2.45, 2.75) is 70.9 Å². The highest BCUT2D eigenvalue weighted by molar-refractivity contribution is 6.05. The normalized spacial score (nSPS) is 18.0. The Bertz CT molecular complexity index is 2570. The second kappa shape index (κ2) is 17.8. The highest BCUT2D eigenvalue weighted by atomic mass is 16.6. The molecule has 62 heavy (non-hydrogen) atoms. The van der Waals surface area contributed by atoms with Crippen LogP contribution in [-0.2, 0) is 38.0 Å². The Hall–Kier alpha value is -6.63. The van der Waals surface area contributed by atoms with Gasteiger partial charge in [-0.1, -0.05) is 51.3 Å². The smallest absolute Gasteiger partial charge is 0.269 e. The predicted molar refractivity (Wildman–Crippen MR) is 243 cm³/mol. The first kappa shape index (κ1) is 44.9. The number of benzene rings is 4. The van der Waals surface area contributed by atoms with Gasteiger partial charge in [0.1, 0.15) is 6.61 Å². The lowest BCUT2D eigenvalue weighted by atomic mass is 9.76. The number of non-ortho nitro benzene ring substituents is 2. The molecule has 12 nitrogen and oxygen atoms in total. The summed E-state index contributed by atoms with van der Waals surface area (Å²) in [6.07, 6.45) is 8.58. The van der Waals surface area contributed by atoms with Gasteiger partial charge in [0, 0.05) is 72.5 Å². The van der Waals surface area contributed by atoms with Crippen LogP contribution in [0.25, 0.3) is 12.2 Å². The van der Waals surface area contributed by atoms with Gasteiger partial charge in [-0.2, -0.15) is 4.58 Å². The van der Waals surface area contributed by atoms with Crippen molar-refractivity contribution < 1.29 is 33.9 Å². The van der Waals surface area contributed by atoms with Crippen LogP contribution in [0.1, 0.15) is 74.9 Å². The standard InChI is InChI=1S/C25H26N2O4.C25H27N2O4/c1-17(2)23(28)16-19-7-10-22-21(15-19)24(3,4)25(26(22)13-14-31-25)12-11-18-5-8-20(9-6-18)27(29)30;1-17(2)23(29)16-19-7-11-22-21(15-19)25(3,4)24(26(22)13-14-28)12-8-18-5-9-20(10-6-18)27(30)31/h5-12,15H,1,13-14,16H2,2-4H3;5-12,15,28H,1,13-14,16H2,2-4H3/q;+1/b12-11+;12-8+. The Balaban J connectivity index is 0.000000207. The second-order valence-corrected chi connectivity index (χ2v) is 17.0. The molecule has 0 amide bonds. The van der Waals surface area contributed by atoms with E-state index in [-0.39, 0.29) is 40.4 Å². The SMILES string of the molecule is C=C(C)C(=O)Cc1ccc2c(c1)C(C)(C)C(/C=C/c1ccc([N+](=O)[O-])cc1)=[N+]2CCO.C=C(C)C(=O)Cc1ccc2c(c1)C(C)(C)C1(/C=C/c3ccc([N+](=O)[O-])cc3)OCCN21. The number of aliphatic hydroxyl groups is 1. The zero-order chi connectivity index (χ0) is 45.1. The molecular formula is C50H53N4O8+. The monoisotopic (exact) mass is 837 g/mol. The topological polar surface area (TPSA) is 156 Å². The van der Waals surface area contributed by atoms with Crippen molar-refractivity contribution in [3.63, 3.8) is 0 Å². The second-order valence-electron chi connectivity index (χ2n) is 17.0. The first-order valence-electron chi connectivity index (χ1n) is 20.5. The molecule has 0 bridgehead atoms. The van der Waals surface area contributed by atoms with E-state index in [2.05, 4.69) is 74.6 Å². The van der Waals surface area contributed by atoms with Crippen LogP contribution in [0.5, 0.6) is 0 Å². The number of carbonyl (C=O) groups excluding carboxylic acids is 2. The van der Waals surface area contributed by atoms with E-state index in [1.165, 1.54) is 24.3 Å². The Labute approximate surface area is 362 Å². The minimum Gasteiger partial charge on any atom is -0.390 e. The molecule has 0 radical (unpaired) electrons. The Morgan fingerprint density at radius 3 is 1.81 bits per heavy atom. The molecule has 7 rings (SSSR count). The van der Waals surface area contributed by atoms with Gasteiger partial charge in [-0.15, -0.1) is 0 Å². The quantitative estimate of drug-likeness (QED) is 0.0566. The van der Waals surface area contributed by atoms with Crippen molar-refractivity contribution in [3.05, 3.63) is 175 Å². The van der Waals surface area contributed by atoms with Gasteiger partial charge in [0.15, 0.2) is 29.5 Å². The summed E-state index contributed by atoms with van der Waals surface area (Å²) in [5, 5.41) is 31.4. The molecular weight excluding hydrogens is 785 g/mol. The number of anilines is 1. The van der Waals surface area contributed by atoms with Gasteiger partial charge in [0.05, 0.1) is 21.9 Å². The fourth-order valence-corrected chi connectivity index (χ4v) is 8.47. The highest BCUT2D eigenvalue weighted by Gasteiger charge is 2.59. The molecule has 12 heteroatoms. The highest BCUT2D eigenvalue weighted by Crippen LogP contribution is 2.55. The van der Waals surface area contributed by atoms with Crippen molar-refractivity contribution in [1.82, 2.24) is 0 Å². The third-order valence-electron chi connectivity index (χ3n) is 12.1. The lowest BCUT2D eigenvalue weighted by Gasteiger charge is -2.39. The first-order chi connectivity index (χ1) is 29.3. The van der Waals surface area contributed by atoms with E-state index in [0.29, 0.717) is 37.1 Å². The van der Waals surface area contributed by atoms with Gasteiger partial charge in [-0.05, 0) is 115 Å². The van der Waals surface area contributed by atoms with E-state index in [4.69, 9.17) is 4.74 Å². The maximum Gasteiger partial charge on any atom is 0.269 e. The number of carbonyl (C=O) groups is 2. The maximum atomic E-state index is 12.2. The summed E-state index contributed by atoms with van der Waals surface area (Å²) < 4.78 is 8.44. The van der Waals surface area contributed by atoms with Crippen LogP contribution >= 0.6 is 0 Å². The van der Waals surface area contributed by atoms with Crippen molar-refractivity contribution in [2.75, 3.05) is 31.2 Å². The number of β-amino-alcohol motifs (C(OH)–C–C–N with tert-alkyl or cyclic N) is 1. The zero-order valence-corrected chi connectivity index (χ0v) is 36.1. The number of ketones is 2. The van der Waals surface area contributed by atoms with E-state index < -0.39 is 15.6 Å². The molecule has 0 saturated carbocycles. The number of hydrogen-bond acceptors (Lipinski definition) is 9. The number of nitro groups is 2. The molecule has 0 spiro atoms. The minimum atomic E-state index is -0.659. The van der Waals surface area contributed by atoms with Crippen molar-refractivity contribution >= 4 is 52.2 Å². The molecule has 1 N–H and O–H groups in total. The predicted octanol–water partition coefficient (Wildman–Crippen LogP) is 9.18. The summed E-state index contributed by atoms with van der Waals surface area (Å²) in [7, 11) is 0. The Morgan fingerprint density at radius 1 is 0.774 bits per heavy atom. The van der Waals surface area contributed by atoms with Gasteiger partial charge < -0.3 is 14.7 Å². The fraction of sp³-hybridized carbons (Fsp3) is 0.300. The number of Topliss-reactive ketones (excluding diaryl/α,β-unsaturated/α-hetero) is 2. The molecule has 4 aromatic carbocycles. The number of ether oxygens (including phenoxy) is 1. The lowest BCUT2D eigenvalue weighted by Crippen LogP contribution is -2.51. The molecule has 1 atom stereocenters. The zero-order valence-electron chi connectivity index (χ0n) is 36.1. The molecule has 320 valence electrons. The van der Waals surface area contributed by atoms with Crippen molar-refractivity contribution in [3.8, 4) is 0 Å². The summed E-state index contributed by atoms with van der Waals surface area (Å²) in [5.41, 5.74) is 8.86. The van der Waals surface area contributed by atoms with Gasteiger partial charge >= 0.3 is 0 Å². The van der Waals surface area contributed by atoms with E-state index in [9.17, 15) is 34.9 Å². The summed E-state index contributed by atoms with van der Waals surface area (Å²) in [5.74, 6) is 0.0607. The molecule has 3 aliphatic heterocycles. The number of nitro benzene ring substituents is 2. The van der Waals surface area contributed by atoms with E-state index in [1.807, 2.05) is 36.4 Å². The number of aliphatic hydroxyl groups excluding tert-OH is 1. The molecule has 1 saturated heterocycles. The van der Waals surface area contributed by atoms with E-state index in [0.717, 1.165) is 57.0 Å². The van der Waals surface area contributed by atoms with Gasteiger partial charge in [0.25, 0.3) is 11.4 Å². The number of rotatable bonds is 14. The fourth-order valence-electron chi connectivity index (χ4n) is 8.47. The third kappa shape index (κ3) is 8.75. The van der Waals surface area contributed by atoms with Gasteiger partial charge in [-0.25, -0.2) is 0 Å². The van der Waals surface area contributed by atoms with Crippen LogP contribution in [0, 0.1) is 20.2 Å². The lowest BCUT2D eigenvalue weighted by molar-refractivity contribution is -0.440. The van der Waals surface area contributed by atoms with Gasteiger partial charge in [0.2, 0.25) is 5.69 Å². The van der Waals surface area contributed by atoms with Crippen LogP contribution in [0.15, 0.2) is 121 Å². The summed E-state index contributed by atoms with van der Waals surface area (Å²) >= 11 is 0. The molecule has 4 aromatic rings. The third-order valence-corrected chi connectivity index (χ3v) is 12.1. The average Bonchev–Trinajstić information content (AvgIpc) is 3.81. The molecule has 0 aromatic heterocycles. The van der Waals surface area contributed by atoms with Crippen LogP contribution in [0.4, 0.5) is 22.7 Å². The van der Waals surface area contributed by atoms with E-state index in [1.54, 1.807) is 38.1 Å². The van der Waals surface area contributed by atoms with Crippen LogP contribution < -0.4 is 4.90 Å². The maximum absolute atomic E-state index is 12.2.